The van der Waals surface area contributed by atoms with Gasteiger partial charge in [-0.25, -0.2) is 22.8 Å². The van der Waals surface area contributed by atoms with Gasteiger partial charge in [0.15, 0.2) is 5.16 Å². The number of sulfonamides is 1. The lowest BCUT2D eigenvalue weighted by Gasteiger charge is -2.14. The predicted molar refractivity (Wildman–Crippen MR) is 102 cm³/mol. The molecule has 2 aromatic rings. The molecule has 0 aliphatic carbocycles. The minimum absolute atomic E-state index is 0.0669. The van der Waals surface area contributed by atoms with Crippen LogP contribution in [0.4, 0.5) is 16.0 Å². The summed E-state index contributed by atoms with van der Waals surface area (Å²) in [4.78, 5) is 8.37. The van der Waals surface area contributed by atoms with E-state index in [0.29, 0.717) is 11.4 Å². The van der Waals surface area contributed by atoms with Crippen LogP contribution in [0.1, 0.15) is 12.5 Å². The highest BCUT2D eigenvalue weighted by Gasteiger charge is 2.13. The summed E-state index contributed by atoms with van der Waals surface area (Å²) in [6.45, 7) is 1.60. The first-order valence-corrected chi connectivity index (χ1v) is 10.7. The standard InChI is InChI=1S/C15H18ClFN4O3S2/c1-9(7-22)18-13-6-14(21-26(2,23)24)20-15(19-13)25-8-10-11(16)4-3-5-12(10)17/h3-6,9,22H,7-8H2,1-2H3,(H2,18,19,20,21)/t9-/m1/s1. The molecule has 2 rings (SSSR count). The summed E-state index contributed by atoms with van der Waals surface area (Å²) in [5.74, 6) is 0.123. The Kier molecular flexibility index (Phi) is 7.04. The third-order valence-corrected chi connectivity index (χ3v) is 4.88. The van der Waals surface area contributed by atoms with E-state index in [1.807, 2.05) is 0 Å². The molecule has 0 amide bonds. The molecular weight excluding hydrogens is 403 g/mol. The molecule has 26 heavy (non-hydrogen) atoms. The van der Waals surface area contributed by atoms with Crippen LogP contribution in [0.25, 0.3) is 0 Å². The van der Waals surface area contributed by atoms with Gasteiger partial charge in [-0.1, -0.05) is 29.4 Å². The zero-order valence-corrected chi connectivity index (χ0v) is 16.4. The van der Waals surface area contributed by atoms with Crippen LogP contribution in [-0.4, -0.2) is 42.4 Å². The largest absolute Gasteiger partial charge is 0.394 e. The van der Waals surface area contributed by atoms with E-state index in [1.165, 1.54) is 18.2 Å². The van der Waals surface area contributed by atoms with Crippen molar-refractivity contribution in [3.05, 3.63) is 40.7 Å². The van der Waals surface area contributed by atoms with Gasteiger partial charge in [0, 0.05) is 28.4 Å². The molecular formula is C15H18ClFN4O3S2. The van der Waals surface area contributed by atoms with Crippen LogP contribution >= 0.6 is 23.4 Å². The Morgan fingerprint density at radius 3 is 2.65 bits per heavy atom. The Bertz CT molecular complexity index is 863. The summed E-state index contributed by atoms with van der Waals surface area (Å²) in [5, 5.41) is 12.6. The molecule has 3 N–H and O–H groups in total. The predicted octanol–water partition coefficient (Wildman–Crippen LogP) is 2.73. The van der Waals surface area contributed by atoms with Crippen LogP contribution in [0, 0.1) is 5.82 Å². The van der Waals surface area contributed by atoms with E-state index in [4.69, 9.17) is 16.7 Å². The van der Waals surface area contributed by atoms with Crippen LogP contribution in [0.5, 0.6) is 0 Å². The van der Waals surface area contributed by atoms with E-state index >= 15 is 0 Å². The van der Waals surface area contributed by atoms with Crippen molar-refractivity contribution in [2.24, 2.45) is 0 Å². The molecule has 0 saturated heterocycles. The van der Waals surface area contributed by atoms with Crippen LogP contribution in [0.3, 0.4) is 0 Å². The topological polar surface area (TPSA) is 104 Å². The van der Waals surface area contributed by atoms with E-state index in [1.54, 1.807) is 13.0 Å². The van der Waals surface area contributed by atoms with Crippen molar-refractivity contribution in [3.63, 3.8) is 0 Å². The first-order chi connectivity index (χ1) is 12.2. The summed E-state index contributed by atoms with van der Waals surface area (Å²) in [7, 11) is -3.53. The molecule has 7 nitrogen and oxygen atoms in total. The van der Waals surface area contributed by atoms with E-state index in [0.717, 1.165) is 18.0 Å². The van der Waals surface area contributed by atoms with E-state index in [-0.39, 0.29) is 34.4 Å². The molecule has 0 radical (unpaired) electrons. The Hall–Kier alpha value is -1.62. The highest BCUT2D eigenvalue weighted by atomic mass is 35.5. The van der Waals surface area contributed by atoms with Gasteiger partial charge in [0.25, 0.3) is 0 Å². The van der Waals surface area contributed by atoms with Crippen LogP contribution < -0.4 is 10.0 Å². The van der Waals surface area contributed by atoms with Crippen molar-refractivity contribution in [1.29, 1.82) is 0 Å². The van der Waals surface area contributed by atoms with Crippen molar-refractivity contribution in [3.8, 4) is 0 Å². The van der Waals surface area contributed by atoms with Gasteiger partial charge in [0.05, 0.1) is 12.9 Å². The van der Waals surface area contributed by atoms with Gasteiger partial charge in [-0.05, 0) is 19.1 Å². The number of aromatic nitrogens is 2. The fourth-order valence-corrected chi connectivity index (χ4v) is 3.60. The second-order valence-electron chi connectivity index (χ2n) is 5.51. The number of rotatable bonds is 8. The average molecular weight is 421 g/mol. The zero-order chi connectivity index (χ0) is 19.3. The van der Waals surface area contributed by atoms with E-state index in [2.05, 4.69) is 20.0 Å². The highest BCUT2D eigenvalue weighted by Crippen LogP contribution is 2.28. The lowest BCUT2D eigenvalue weighted by molar-refractivity contribution is 0.281. The second-order valence-corrected chi connectivity index (χ2v) is 8.61. The minimum Gasteiger partial charge on any atom is -0.394 e. The molecule has 0 bridgehead atoms. The molecule has 1 aromatic heterocycles. The summed E-state index contributed by atoms with van der Waals surface area (Å²) in [6, 6.07) is 5.51. The third kappa shape index (κ3) is 6.27. The normalized spacial score (nSPS) is 12.7. The number of nitrogens with one attached hydrogen (secondary N) is 2. The zero-order valence-electron chi connectivity index (χ0n) is 14.0. The van der Waals surface area contributed by atoms with Crippen LogP contribution in [-0.2, 0) is 15.8 Å². The number of aliphatic hydroxyl groups excluding tert-OH is 1. The Morgan fingerprint density at radius 2 is 2.04 bits per heavy atom. The molecule has 1 heterocycles. The first kappa shape index (κ1) is 20.7. The molecule has 1 aromatic carbocycles. The van der Waals surface area contributed by atoms with Gasteiger partial charge in [-0.15, -0.1) is 0 Å². The number of hydrogen-bond donors (Lipinski definition) is 3. The van der Waals surface area contributed by atoms with Gasteiger partial charge in [-0.2, -0.15) is 0 Å². The maximum absolute atomic E-state index is 13.9. The fourth-order valence-electron chi connectivity index (χ4n) is 1.91. The van der Waals surface area contributed by atoms with Gasteiger partial charge in [0.1, 0.15) is 17.5 Å². The molecule has 0 spiro atoms. The SMILES string of the molecule is C[C@H](CO)Nc1cc(NS(C)(=O)=O)nc(SCc2c(F)cccc2Cl)n1. The summed E-state index contributed by atoms with van der Waals surface area (Å²) >= 11 is 7.11. The Labute approximate surface area is 160 Å². The fraction of sp³-hybridized carbons (Fsp3) is 0.333. The number of aliphatic hydroxyl groups is 1. The summed E-state index contributed by atoms with van der Waals surface area (Å²) < 4.78 is 39.1. The van der Waals surface area contributed by atoms with Crippen LogP contribution in [0.15, 0.2) is 29.4 Å². The van der Waals surface area contributed by atoms with Crippen molar-refractivity contribution in [2.75, 3.05) is 22.9 Å². The number of halogens is 2. The third-order valence-electron chi connectivity index (χ3n) is 3.07. The second kappa shape index (κ2) is 8.85. The lowest BCUT2D eigenvalue weighted by Crippen LogP contribution is -2.21. The van der Waals surface area contributed by atoms with E-state index < -0.39 is 15.8 Å². The van der Waals surface area contributed by atoms with Crippen LogP contribution in [0.2, 0.25) is 5.02 Å². The molecule has 11 heteroatoms. The lowest BCUT2D eigenvalue weighted by atomic mass is 10.2. The summed E-state index contributed by atoms with van der Waals surface area (Å²) in [5.41, 5.74) is 0.308. The number of anilines is 2. The molecule has 0 unspecified atom stereocenters. The van der Waals surface area contributed by atoms with Gasteiger partial charge >= 0.3 is 0 Å². The van der Waals surface area contributed by atoms with Gasteiger partial charge in [0.2, 0.25) is 10.0 Å². The van der Waals surface area contributed by atoms with E-state index in [9.17, 15) is 12.8 Å². The molecule has 1 atom stereocenters. The molecule has 0 aliphatic rings. The molecule has 142 valence electrons. The van der Waals surface area contributed by atoms with Gasteiger partial charge in [-0.3, -0.25) is 4.72 Å². The van der Waals surface area contributed by atoms with Crippen molar-refractivity contribution >= 4 is 45.0 Å². The minimum atomic E-state index is -3.53. The van der Waals surface area contributed by atoms with Crippen molar-refractivity contribution in [1.82, 2.24) is 9.97 Å². The molecule has 0 aliphatic heterocycles. The maximum atomic E-state index is 13.9. The smallest absolute Gasteiger partial charge is 0.230 e. The average Bonchev–Trinajstić information content (AvgIpc) is 2.52. The number of benzene rings is 1. The number of thioether (sulfide) groups is 1. The monoisotopic (exact) mass is 420 g/mol. The quantitative estimate of drug-likeness (QED) is 0.445. The Balaban J connectivity index is 2.27. The highest BCUT2D eigenvalue weighted by molar-refractivity contribution is 7.98. The molecule has 0 saturated carbocycles. The van der Waals surface area contributed by atoms with Crippen molar-refractivity contribution in [2.45, 2.75) is 23.9 Å². The summed E-state index contributed by atoms with van der Waals surface area (Å²) in [6.07, 6.45) is 1.00. The Morgan fingerprint density at radius 1 is 1.35 bits per heavy atom. The molecule has 0 fully saturated rings. The number of nitrogens with zero attached hydrogens (tertiary/aromatic N) is 2. The van der Waals surface area contributed by atoms with Crippen molar-refractivity contribution < 1.29 is 17.9 Å². The maximum Gasteiger partial charge on any atom is 0.230 e. The first-order valence-electron chi connectivity index (χ1n) is 7.48. The van der Waals surface area contributed by atoms with Gasteiger partial charge < -0.3 is 10.4 Å². The number of hydrogen-bond acceptors (Lipinski definition) is 7.